The Morgan fingerprint density at radius 1 is 1.07 bits per heavy atom. The van der Waals surface area contributed by atoms with Crippen LogP contribution in [-0.2, 0) is 28.9 Å². The van der Waals surface area contributed by atoms with E-state index in [1.807, 2.05) is 4.57 Å². The Labute approximate surface area is 172 Å². The molecule has 0 radical (unpaired) electrons. The second-order valence-corrected chi connectivity index (χ2v) is 10.4. The minimum Gasteiger partial charge on any atom is -0.376 e. The van der Waals surface area contributed by atoms with Gasteiger partial charge in [0.25, 0.3) is 5.56 Å². The van der Waals surface area contributed by atoms with Crippen LogP contribution in [0.1, 0.15) is 61.8 Å². The van der Waals surface area contributed by atoms with E-state index in [0.29, 0.717) is 23.9 Å². The molecule has 28 heavy (non-hydrogen) atoms. The summed E-state index contributed by atoms with van der Waals surface area (Å²) in [5, 5.41) is 1.48. The van der Waals surface area contributed by atoms with Gasteiger partial charge in [-0.1, -0.05) is 18.2 Å². The fourth-order valence-electron chi connectivity index (χ4n) is 4.67. The molecule has 7 heteroatoms. The second kappa shape index (κ2) is 7.92. The van der Waals surface area contributed by atoms with Gasteiger partial charge in [0, 0.05) is 17.9 Å². The first-order chi connectivity index (χ1) is 13.7. The standard InChI is InChI=1S/C21H26N2O3S2/c24-15-8-2-4-10-17(15)28-21-22-19-18(14-7-1-3-9-16(14)27-19)20(25)23(21)12-13-6-5-11-26-13/h13,17H,1-12H2/t13-,17+/m1/s1. The maximum Gasteiger partial charge on any atom is 0.263 e. The average Bonchev–Trinajstić information content (AvgIpc) is 3.33. The Morgan fingerprint density at radius 2 is 1.93 bits per heavy atom. The number of thiophene rings is 1. The molecule has 2 atom stereocenters. The van der Waals surface area contributed by atoms with E-state index in [1.54, 1.807) is 11.3 Å². The van der Waals surface area contributed by atoms with Crippen molar-refractivity contribution in [1.29, 1.82) is 0 Å². The quantitative estimate of drug-likeness (QED) is 0.699. The average molecular weight is 419 g/mol. The highest BCUT2D eigenvalue weighted by Gasteiger charge is 2.29. The number of aromatic nitrogens is 2. The monoisotopic (exact) mass is 418 g/mol. The van der Waals surface area contributed by atoms with Gasteiger partial charge in [-0.25, -0.2) is 4.98 Å². The molecule has 0 amide bonds. The Balaban J connectivity index is 1.59. The molecule has 2 aromatic rings. The summed E-state index contributed by atoms with van der Waals surface area (Å²) in [6.07, 6.45) is 10.1. The van der Waals surface area contributed by atoms with Gasteiger partial charge in [0.05, 0.1) is 23.3 Å². The lowest BCUT2D eigenvalue weighted by Gasteiger charge is -2.22. The molecule has 0 unspecified atom stereocenters. The van der Waals surface area contributed by atoms with E-state index in [2.05, 4.69) is 0 Å². The van der Waals surface area contributed by atoms with Gasteiger partial charge in [0.1, 0.15) is 10.6 Å². The summed E-state index contributed by atoms with van der Waals surface area (Å²) in [4.78, 5) is 33.1. The summed E-state index contributed by atoms with van der Waals surface area (Å²) < 4.78 is 7.65. The van der Waals surface area contributed by atoms with Gasteiger partial charge in [-0.2, -0.15) is 0 Å². The van der Waals surface area contributed by atoms with E-state index in [1.165, 1.54) is 28.6 Å². The van der Waals surface area contributed by atoms with Gasteiger partial charge in [-0.15, -0.1) is 11.3 Å². The number of aryl methyl sites for hydroxylation is 2. The molecule has 5 rings (SSSR count). The summed E-state index contributed by atoms with van der Waals surface area (Å²) in [5.41, 5.74) is 1.31. The predicted molar refractivity (Wildman–Crippen MR) is 113 cm³/mol. The number of thioether (sulfide) groups is 1. The smallest absolute Gasteiger partial charge is 0.263 e. The van der Waals surface area contributed by atoms with Crippen LogP contribution in [0.4, 0.5) is 0 Å². The predicted octanol–water partition coefficient (Wildman–Crippen LogP) is 4.12. The number of ether oxygens (including phenoxy) is 1. The fraction of sp³-hybridized carbons (Fsp3) is 0.667. The Kier molecular flexibility index (Phi) is 5.32. The number of carbonyl (C=O) groups is 1. The molecule has 0 bridgehead atoms. The molecule has 1 aliphatic heterocycles. The molecule has 2 aliphatic carbocycles. The second-order valence-electron chi connectivity index (χ2n) is 8.15. The summed E-state index contributed by atoms with van der Waals surface area (Å²) in [6.45, 7) is 1.32. The maximum atomic E-state index is 13.6. The van der Waals surface area contributed by atoms with E-state index < -0.39 is 0 Å². The molecule has 0 aromatic carbocycles. The summed E-state index contributed by atoms with van der Waals surface area (Å²) in [7, 11) is 0. The number of nitrogens with zero attached hydrogens (tertiary/aromatic N) is 2. The number of hydrogen-bond donors (Lipinski definition) is 0. The Morgan fingerprint density at radius 3 is 2.75 bits per heavy atom. The van der Waals surface area contributed by atoms with Crippen LogP contribution in [0.25, 0.3) is 10.2 Å². The first kappa shape index (κ1) is 18.8. The number of carbonyl (C=O) groups excluding carboxylic acids is 1. The van der Waals surface area contributed by atoms with Gasteiger partial charge >= 0.3 is 0 Å². The highest BCUT2D eigenvalue weighted by Crippen LogP contribution is 2.36. The molecule has 2 aromatic heterocycles. The molecular weight excluding hydrogens is 392 g/mol. The number of Topliss-reactive ketones (excluding diaryl/α,β-unsaturated/α-hetero) is 1. The topological polar surface area (TPSA) is 61.2 Å². The van der Waals surface area contributed by atoms with Crippen LogP contribution in [0, 0.1) is 0 Å². The Hall–Kier alpha value is -1.18. The zero-order valence-corrected chi connectivity index (χ0v) is 17.7. The van der Waals surface area contributed by atoms with Crippen LogP contribution in [0.15, 0.2) is 9.95 Å². The normalized spacial score (nSPS) is 25.4. The molecule has 0 N–H and O–H groups in total. The van der Waals surface area contributed by atoms with Crippen molar-refractivity contribution in [2.75, 3.05) is 6.61 Å². The van der Waals surface area contributed by atoms with Crippen molar-refractivity contribution in [1.82, 2.24) is 9.55 Å². The van der Waals surface area contributed by atoms with Gasteiger partial charge in [0.2, 0.25) is 0 Å². The van der Waals surface area contributed by atoms with E-state index in [4.69, 9.17) is 9.72 Å². The first-order valence-electron chi connectivity index (χ1n) is 10.6. The molecule has 3 heterocycles. The summed E-state index contributed by atoms with van der Waals surface area (Å²) in [6, 6.07) is 0. The molecule has 1 saturated heterocycles. The summed E-state index contributed by atoms with van der Waals surface area (Å²) >= 11 is 3.20. The molecule has 150 valence electrons. The van der Waals surface area contributed by atoms with Crippen molar-refractivity contribution in [2.24, 2.45) is 0 Å². The Bertz CT molecular complexity index is 959. The third kappa shape index (κ3) is 3.46. The zero-order valence-electron chi connectivity index (χ0n) is 16.1. The fourth-order valence-corrected chi connectivity index (χ4v) is 7.19. The lowest BCUT2D eigenvalue weighted by atomic mass is 9.97. The molecule has 0 spiro atoms. The third-order valence-electron chi connectivity index (χ3n) is 6.20. The first-order valence-corrected chi connectivity index (χ1v) is 12.3. The van der Waals surface area contributed by atoms with E-state index in [9.17, 15) is 9.59 Å². The lowest BCUT2D eigenvalue weighted by molar-refractivity contribution is -0.119. The van der Waals surface area contributed by atoms with Crippen LogP contribution in [0.2, 0.25) is 0 Å². The zero-order chi connectivity index (χ0) is 19.1. The highest BCUT2D eigenvalue weighted by atomic mass is 32.2. The number of rotatable bonds is 4. The minimum absolute atomic E-state index is 0.0663. The van der Waals surface area contributed by atoms with Crippen LogP contribution in [0.5, 0.6) is 0 Å². The molecule has 2 fully saturated rings. The van der Waals surface area contributed by atoms with E-state index in [-0.39, 0.29) is 16.9 Å². The molecule has 3 aliphatic rings. The van der Waals surface area contributed by atoms with Crippen molar-refractivity contribution < 1.29 is 9.53 Å². The van der Waals surface area contributed by atoms with Gasteiger partial charge in [-0.3, -0.25) is 14.2 Å². The maximum absolute atomic E-state index is 13.6. The van der Waals surface area contributed by atoms with Crippen molar-refractivity contribution in [3.63, 3.8) is 0 Å². The lowest BCUT2D eigenvalue weighted by Crippen LogP contribution is -2.30. The van der Waals surface area contributed by atoms with Crippen molar-refractivity contribution >= 4 is 39.1 Å². The van der Waals surface area contributed by atoms with Gasteiger partial charge < -0.3 is 4.74 Å². The molecular formula is C21H26N2O3S2. The highest BCUT2D eigenvalue weighted by molar-refractivity contribution is 8.00. The summed E-state index contributed by atoms with van der Waals surface area (Å²) in [5.74, 6) is 0.305. The van der Waals surface area contributed by atoms with Crippen molar-refractivity contribution in [2.45, 2.75) is 87.3 Å². The van der Waals surface area contributed by atoms with Crippen LogP contribution < -0.4 is 5.56 Å². The minimum atomic E-state index is -0.0663. The van der Waals surface area contributed by atoms with Crippen molar-refractivity contribution in [3.8, 4) is 0 Å². The number of ketones is 1. The van der Waals surface area contributed by atoms with Crippen LogP contribution >= 0.6 is 23.1 Å². The van der Waals surface area contributed by atoms with Crippen molar-refractivity contribution in [3.05, 3.63) is 20.8 Å². The third-order valence-corrected chi connectivity index (χ3v) is 8.69. The molecule has 5 nitrogen and oxygen atoms in total. The molecule has 1 saturated carbocycles. The van der Waals surface area contributed by atoms with Gasteiger partial charge in [-0.05, 0) is 56.9 Å². The largest absolute Gasteiger partial charge is 0.376 e. The number of hydrogen-bond acceptors (Lipinski definition) is 6. The SMILES string of the molecule is O=C1CCCC[C@@H]1Sc1nc2sc3c(c2c(=O)n1C[C@H]1CCCO1)CCCC3. The van der Waals surface area contributed by atoms with E-state index >= 15 is 0 Å². The van der Waals surface area contributed by atoms with Gasteiger partial charge in [0.15, 0.2) is 5.16 Å². The van der Waals surface area contributed by atoms with Crippen LogP contribution in [-0.4, -0.2) is 33.3 Å². The number of fused-ring (bicyclic) bond motifs is 3. The van der Waals surface area contributed by atoms with Crippen LogP contribution in [0.3, 0.4) is 0 Å². The van der Waals surface area contributed by atoms with E-state index in [0.717, 1.165) is 68.2 Å².